The lowest BCUT2D eigenvalue weighted by molar-refractivity contribution is -0.138. The molecule has 0 aromatic rings. The van der Waals surface area contributed by atoms with E-state index in [4.69, 9.17) is 0 Å². The van der Waals surface area contributed by atoms with Crippen LogP contribution in [0.5, 0.6) is 0 Å². The van der Waals surface area contributed by atoms with Crippen molar-refractivity contribution in [1.29, 1.82) is 0 Å². The highest BCUT2D eigenvalue weighted by atomic mass is 16.5. The minimum atomic E-state index is -0.318. The standard InChI is InChI=1S/C8H17N3O.C5H10O2/c1-8-7-9-3-4-11(8)10(2)5-6-12;1-5(2,3)7-4-6/h6,8-9H,3-5,7H2,1-2H3;4H,1-3H3/t8-;/m0./s1. The van der Waals surface area contributed by atoms with E-state index < -0.39 is 0 Å². The number of nitrogens with one attached hydrogen (secondary N) is 1. The van der Waals surface area contributed by atoms with Gasteiger partial charge >= 0.3 is 0 Å². The fraction of sp³-hybridized carbons (Fsp3) is 0.846. The highest BCUT2D eigenvalue weighted by Crippen LogP contribution is 2.04. The fourth-order valence-corrected chi connectivity index (χ4v) is 1.69. The maximum absolute atomic E-state index is 10.3. The SMILES string of the molecule is CC(C)(C)OC=O.C[C@H]1CNCCN1N(C)CC=O. The van der Waals surface area contributed by atoms with E-state index in [1.54, 1.807) is 0 Å². The summed E-state index contributed by atoms with van der Waals surface area (Å²) >= 11 is 0. The number of rotatable bonds is 4. The van der Waals surface area contributed by atoms with Gasteiger partial charge in [0.1, 0.15) is 11.9 Å². The lowest BCUT2D eigenvalue weighted by atomic mass is 10.2. The summed E-state index contributed by atoms with van der Waals surface area (Å²) in [6, 6.07) is 0.490. The topological polar surface area (TPSA) is 61.9 Å². The van der Waals surface area contributed by atoms with Gasteiger partial charge in [-0.25, -0.2) is 10.0 Å². The molecule has 0 aromatic carbocycles. The van der Waals surface area contributed by atoms with Crippen LogP contribution >= 0.6 is 0 Å². The summed E-state index contributed by atoms with van der Waals surface area (Å²) in [5, 5.41) is 7.52. The maximum atomic E-state index is 10.3. The minimum Gasteiger partial charge on any atom is -0.462 e. The van der Waals surface area contributed by atoms with Crippen LogP contribution in [-0.2, 0) is 14.3 Å². The van der Waals surface area contributed by atoms with Crippen molar-refractivity contribution in [3.8, 4) is 0 Å². The normalized spacial score (nSPS) is 20.4. The second kappa shape index (κ2) is 9.01. The molecule has 0 radical (unpaired) electrons. The van der Waals surface area contributed by atoms with Gasteiger partial charge < -0.3 is 14.8 Å². The molecule has 1 N–H and O–H groups in total. The van der Waals surface area contributed by atoms with Crippen molar-refractivity contribution in [3.63, 3.8) is 0 Å². The van der Waals surface area contributed by atoms with E-state index in [2.05, 4.69) is 22.0 Å². The first kappa shape index (κ1) is 18.0. The number of hydrogen-bond acceptors (Lipinski definition) is 6. The average molecular weight is 273 g/mol. The van der Waals surface area contributed by atoms with Crippen LogP contribution in [0.4, 0.5) is 0 Å². The molecule has 0 aromatic heterocycles. The molecule has 0 aliphatic carbocycles. The summed E-state index contributed by atoms with van der Waals surface area (Å²) in [6.07, 6.45) is 0.939. The number of carbonyl (C=O) groups is 2. The third-order valence-corrected chi connectivity index (χ3v) is 2.65. The van der Waals surface area contributed by atoms with Gasteiger partial charge in [0.15, 0.2) is 0 Å². The van der Waals surface area contributed by atoms with Gasteiger partial charge in [-0.2, -0.15) is 0 Å². The average Bonchev–Trinajstić information content (AvgIpc) is 2.29. The van der Waals surface area contributed by atoms with Crippen molar-refractivity contribution in [1.82, 2.24) is 15.3 Å². The molecule has 0 bridgehead atoms. The highest BCUT2D eigenvalue weighted by molar-refractivity contribution is 5.51. The highest BCUT2D eigenvalue weighted by Gasteiger charge is 2.20. The van der Waals surface area contributed by atoms with E-state index >= 15 is 0 Å². The van der Waals surface area contributed by atoms with Crippen molar-refractivity contribution in [2.24, 2.45) is 0 Å². The Kier molecular flexibility index (Phi) is 8.54. The lowest BCUT2D eigenvalue weighted by Gasteiger charge is -2.39. The second-order valence-corrected chi connectivity index (χ2v) is 5.55. The van der Waals surface area contributed by atoms with E-state index in [0.29, 0.717) is 19.1 Å². The Morgan fingerprint density at radius 3 is 2.42 bits per heavy atom. The number of likely N-dealkylation sites (N-methyl/N-ethyl adjacent to an activating group) is 1. The number of carbonyl (C=O) groups excluding carboxylic acids is 2. The first-order chi connectivity index (χ1) is 8.81. The van der Waals surface area contributed by atoms with E-state index in [1.807, 2.05) is 32.8 Å². The Hall–Kier alpha value is -0.980. The van der Waals surface area contributed by atoms with E-state index in [9.17, 15) is 9.59 Å². The smallest absolute Gasteiger partial charge is 0.293 e. The van der Waals surface area contributed by atoms with Gasteiger partial charge in [-0.15, -0.1) is 0 Å². The first-order valence-corrected chi connectivity index (χ1v) is 6.55. The first-order valence-electron chi connectivity index (χ1n) is 6.55. The number of aldehydes is 1. The van der Waals surface area contributed by atoms with Gasteiger partial charge in [0.05, 0.1) is 6.54 Å². The summed E-state index contributed by atoms with van der Waals surface area (Å²) in [5.41, 5.74) is -0.318. The zero-order chi connectivity index (χ0) is 14.9. The van der Waals surface area contributed by atoms with E-state index in [0.717, 1.165) is 25.9 Å². The van der Waals surface area contributed by atoms with Crippen LogP contribution in [0.25, 0.3) is 0 Å². The van der Waals surface area contributed by atoms with Gasteiger partial charge in [0, 0.05) is 32.7 Å². The van der Waals surface area contributed by atoms with Gasteiger partial charge in [-0.1, -0.05) is 0 Å². The maximum Gasteiger partial charge on any atom is 0.293 e. The second-order valence-electron chi connectivity index (χ2n) is 5.55. The monoisotopic (exact) mass is 273 g/mol. The lowest BCUT2D eigenvalue weighted by Crippen LogP contribution is -2.56. The van der Waals surface area contributed by atoms with E-state index in [1.165, 1.54) is 0 Å². The Bertz CT molecular complexity index is 266. The summed E-state index contributed by atoms with van der Waals surface area (Å²) in [7, 11) is 1.95. The molecule has 1 aliphatic rings. The Morgan fingerprint density at radius 2 is 2.05 bits per heavy atom. The molecule has 6 heteroatoms. The number of nitrogens with zero attached hydrogens (tertiary/aromatic N) is 2. The Balaban J connectivity index is 0.000000399. The van der Waals surface area contributed by atoms with E-state index in [-0.39, 0.29) is 5.60 Å². The van der Waals surface area contributed by atoms with Gasteiger partial charge in [0.2, 0.25) is 0 Å². The third-order valence-electron chi connectivity index (χ3n) is 2.65. The van der Waals surface area contributed by atoms with Gasteiger partial charge in [-0.05, 0) is 27.7 Å². The third kappa shape index (κ3) is 8.69. The predicted octanol–water partition coefficient (Wildman–Crippen LogP) is 0.284. The summed E-state index contributed by atoms with van der Waals surface area (Å²) in [4.78, 5) is 19.9. The number of hydrogen-bond donors (Lipinski definition) is 1. The van der Waals surface area contributed by atoms with Crippen LogP contribution in [0.15, 0.2) is 0 Å². The summed E-state index contributed by atoms with van der Waals surface area (Å²) < 4.78 is 4.55. The predicted molar refractivity (Wildman–Crippen MR) is 74.6 cm³/mol. The van der Waals surface area contributed by atoms with Crippen LogP contribution in [0.1, 0.15) is 27.7 Å². The molecule has 0 spiro atoms. The Morgan fingerprint density at radius 1 is 1.42 bits per heavy atom. The van der Waals surface area contributed by atoms with Crippen LogP contribution in [0, 0.1) is 0 Å². The molecule has 0 amide bonds. The zero-order valence-corrected chi connectivity index (χ0v) is 12.7. The van der Waals surface area contributed by atoms with Crippen molar-refractivity contribution in [2.75, 3.05) is 33.2 Å². The van der Waals surface area contributed by atoms with Crippen LogP contribution < -0.4 is 5.32 Å². The largest absolute Gasteiger partial charge is 0.462 e. The molecule has 0 unspecified atom stereocenters. The van der Waals surface area contributed by atoms with Gasteiger partial charge in [-0.3, -0.25) is 4.79 Å². The molecule has 1 atom stereocenters. The molecule has 19 heavy (non-hydrogen) atoms. The zero-order valence-electron chi connectivity index (χ0n) is 12.7. The molecule has 1 aliphatic heterocycles. The van der Waals surface area contributed by atoms with Crippen LogP contribution in [0.2, 0.25) is 0 Å². The molecule has 1 saturated heterocycles. The number of hydrazine groups is 1. The van der Waals surface area contributed by atoms with Crippen molar-refractivity contribution >= 4 is 12.8 Å². The molecule has 6 nitrogen and oxygen atoms in total. The molecular weight excluding hydrogens is 246 g/mol. The number of piperazine rings is 1. The molecule has 0 saturated carbocycles. The quantitative estimate of drug-likeness (QED) is 0.743. The minimum absolute atomic E-state index is 0.318. The fourth-order valence-electron chi connectivity index (χ4n) is 1.69. The van der Waals surface area contributed by atoms with Crippen LogP contribution in [0.3, 0.4) is 0 Å². The molecular formula is C13H27N3O3. The van der Waals surface area contributed by atoms with Crippen molar-refractivity contribution in [2.45, 2.75) is 39.3 Å². The molecule has 1 rings (SSSR count). The van der Waals surface area contributed by atoms with Crippen molar-refractivity contribution < 1.29 is 14.3 Å². The Labute approximate surface area is 116 Å². The summed E-state index contributed by atoms with van der Waals surface area (Å²) in [6.45, 7) is 11.6. The molecule has 112 valence electrons. The molecule has 1 fully saturated rings. The van der Waals surface area contributed by atoms with Gasteiger partial charge in [0.25, 0.3) is 6.47 Å². The molecule has 1 heterocycles. The van der Waals surface area contributed by atoms with Crippen LogP contribution in [-0.4, -0.2) is 67.6 Å². The van der Waals surface area contributed by atoms with Crippen molar-refractivity contribution in [3.05, 3.63) is 0 Å². The number of ether oxygens (including phenoxy) is 1. The summed E-state index contributed by atoms with van der Waals surface area (Å²) in [5.74, 6) is 0.